The van der Waals surface area contributed by atoms with Gasteiger partial charge >= 0.3 is 0 Å². The van der Waals surface area contributed by atoms with E-state index in [4.69, 9.17) is 5.10 Å². The van der Waals surface area contributed by atoms with Crippen LogP contribution in [0.1, 0.15) is 39.3 Å². The van der Waals surface area contributed by atoms with Crippen molar-refractivity contribution in [2.24, 2.45) is 0 Å². The number of hydrogen-bond donors (Lipinski definition) is 2. The molecule has 2 amide bonds. The minimum Gasteiger partial charge on any atom is -0.352 e. The first-order valence-corrected chi connectivity index (χ1v) is 9.66. The van der Waals surface area contributed by atoms with Gasteiger partial charge in [-0.25, -0.2) is 4.68 Å². The van der Waals surface area contributed by atoms with Crippen LogP contribution in [0, 0.1) is 0 Å². The molecule has 0 spiro atoms. The minimum absolute atomic E-state index is 0.0397. The Labute approximate surface area is 166 Å². The Morgan fingerprint density at radius 2 is 1.79 bits per heavy atom. The van der Waals surface area contributed by atoms with E-state index in [0.717, 1.165) is 24.2 Å². The molecule has 0 atom stereocenters. The van der Waals surface area contributed by atoms with Crippen LogP contribution in [0.2, 0.25) is 0 Å². The van der Waals surface area contributed by atoms with Crippen molar-refractivity contribution in [1.29, 1.82) is 0 Å². The average Bonchev–Trinajstić information content (AvgIpc) is 3.30. The average molecular weight is 383 g/mol. The molecule has 7 heteroatoms. The van der Waals surface area contributed by atoms with Gasteiger partial charge in [0.25, 0.3) is 0 Å². The van der Waals surface area contributed by atoms with Crippen molar-refractivity contribution in [3.63, 3.8) is 0 Å². The van der Waals surface area contributed by atoms with E-state index in [2.05, 4.69) is 31.4 Å². The van der Waals surface area contributed by atoms with Gasteiger partial charge < -0.3 is 10.6 Å². The summed E-state index contributed by atoms with van der Waals surface area (Å²) in [4.78, 5) is 26.2. The standard InChI is InChI=1S/C21H29N5O2/c1-21(2,3)17-12-18(26(24-17)16-8-6-5-7-9-16)23-20(28)14-25(4)13-19(27)22-15-10-11-15/h5-9,12,15H,10-11,13-14H2,1-4H3,(H,22,27)(H,23,28). The number of aromatic nitrogens is 2. The van der Waals surface area contributed by atoms with Gasteiger partial charge in [-0.15, -0.1) is 0 Å². The van der Waals surface area contributed by atoms with E-state index in [1.807, 2.05) is 36.4 Å². The number of carbonyl (C=O) groups excluding carboxylic acids is 2. The molecule has 0 saturated heterocycles. The van der Waals surface area contributed by atoms with Gasteiger partial charge in [0.2, 0.25) is 11.8 Å². The Morgan fingerprint density at radius 3 is 2.39 bits per heavy atom. The quantitative estimate of drug-likeness (QED) is 0.769. The summed E-state index contributed by atoms with van der Waals surface area (Å²) in [6, 6.07) is 11.9. The van der Waals surface area contributed by atoms with Gasteiger partial charge in [-0.05, 0) is 32.0 Å². The molecular weight excluding hydrogens is 354 g/mol. The summed E-state index contributed by atoms with van der Waals surface area (Å²) in [5.74, 6) is 0.401. The molecule has 0 radical (unpaired) electrons. The molecule has 1 fully saturated rings. The van der Waals surface area contributed by atoms with Crippen molar-refractivity contribution in [3.05, 3.63) is 42.1 Å². The van der Waals surface area contributed by atoms with Crippen LogP contribution in [0.3, 0.4) is 0 Å². The minimum atomic E-state index is -0.181. The normalized spacial score (nSPS) is 14.2. The largest absolute Gasteiger partial charge is 0.352 e. The third-order valence-electron chi connectivity index (χ3n) is 4.52. The molecule has 28 heavy (non-hydrogen) atoms. The summed E-state index contributed by atoms with van der Waals surface area (Å²) in [7, 11) is 1.77. The van der Waals surface area contributed by atoms with Crippen LogP contribution in [0.5, 0.6) is 0 Å². The van der Waals surface area contributed by atoms with Crippen molar-refractivity contribution in [2.45, 2.75) is 45.1 Å². The fourth-order valence-electron chi connectivity index (χ4n) is 2.83. The maximum Gasteiger partial charge on any atom is 0.239 e. The zero-order valence-electron chi connectivity index (χ0n) is 17.0. The lowest BCUT2D eigenvalue weighted by Crippen LogP contribution is -2.39. The molecule has 1 aromatic heterocycles. The van der Waals surface area contributed by atoms with Crippen LogP contribution in [0.15, 0.2) is 36.4 Å². The Morgan fingerprint density at radius 1 is 1.14 bits per heavy atom. The molecule has 0 aliphatic heterocycles. The maximum absolute atomic E-state index is 12.6. The Balaban J connectivity index is 1.68. The lowest BCUT2D eigenvalue weighted by Gasteiger charge is -2.16. The van der Waals surface area contributed by atoms with E-state index in [1.165, 1.54) is 0 Å². The summed E-state index contributed by atoms with van der Waals surface area (Å²) in [5, 5.41) is 10.6. The number of nitrogens with one attached hydrogen (secondary N) is 2. The summed E-state index contributed by atoms with van der Waals surface area (Å²) in [6.07, 6.45) is 2.10. The molecule has 1 heterocycles. The summed E-state index contributed by atoms with van der Waals surface area (Å²) >= 11 is 0. The van der Waals surface area contributed by atoms with E-state index >= 15 is 0 Å². The number of rotatable bonds is 7. The highest BCUT2D eigenvalue weighted by atomic mass is 16.2. The number of carbonyl (C=O) groups is 2. The van der Waals surface area contributed by atoms with Crippen LogP contribution in [-0.4, -0.2) is 52.7 Å². The van der Waals surface area contributed by atoms with Crippen molar-refractivity contribution < 1.29 is 9.59 Å². The third-order valence-corrected chi connectivity index (χ3v) is 4.52. The summed E-state index contributed by atoms with van der Waals surface area (Å²) in [5.41, 5.74) is 1.63. The smallest absolute Gasteiger partial charge is 0.239 e. The Kier molecular flexibility index (Phi) is 5.84. The van der Waals surface area contributed by atoms with E-state index in [0.29, 0.717) is 11.9 Å². The number of amides is 2. The fraction of sp³-hybridized carbons (Fsp3) is 0.476. The van der Waals surface area contributed by atoms with Crippen LogP contribution in [0.4, 0.5) is 5.82 Å². The van der Waals surface area contributed by atoms with E-state index < -0.39 is 0 Å². The van der Waals surface area contributed by atoms with E-state index in [1.54, 1.807) is 16.6 Å². The molecule has 2 N–H and O–H groups in total. The molecule has 1 aliphatic carbocycles. The highest BCUT2D eigenvalue weighted by Crippen LogP contribution is 2.26. The second-order valence-corrected chi connectivity index (χ2v) is 8.47. The first kappa shape index (κ1) is 20.1. The van der Waals surface area contributed by atoms with E-state index in [9.17, 15) is 9.59 Å². The van der Waals surface area contributed by atoms with Crippen LogP contribution in [-0.2, 0) is 15.0 Å². The summed E-state index contributed by atoms with van der Waals surface area (Å²) < 4.78 is 1.75. The molecule has 3 rings (SSSR count). The fourth-order valence-corrected chi connectivity index (χ4v) is 2.83. The van der Waals surface area contributed by atoms with Gasteiger partial charge in [-0.2, -0.15) is 5.10 Å². The first-order chi connectivity index (χ1) is 13.2. The molecule has 2 aromatic rings. The summed E-state index contributed by atoms with van der Waals surface area (Å²) in [6.45, 7) is 6.59. The molecule has 0 unspecified atom stereocenters. The molecule has 0 bridgehead atoms. The van der Waals surface area contributed by atoms with Gasteiger partial charge in [0.15, 0.2) is 0 Å². The number of benzene rings is 1. The topological polar surface area (TPSA) is 79.3 Å². The lowest BCUT2D eigenvalue weighted by atomic mass is 9.92. The van der Waals surface area contributed by atoms with Crippen molar-refractivity contribution in [1.82, 2.24) is 20.0 Å². The first-order valence-electron chi connectivity index (χ1n) is 9.66. The van der Waals surface area contributed by atoms with Crippen LogP contribution >= 0.6 is 0 Å². The predicted molar refractivity (Wildman–Crippen MR) is 110 cm³/mol. The molecule has 1 saturated carbocycles. The van der Waals surface area contributed by atoms with Crippen LogP contribution < -0.4 is 10.6 Å². The molecule has 7 nitrogen and oxygen atoms in total. The number of hydrogen-bond acceptors (Lipinski definition) is 4. The van der Waals surface area contributed by atoms with Gasteiger partial charge in [0, 0.05) is 17.5 Å². The van der Waals surface area contributed by atoms with Crippen molar-refractivity contribution >= 4 is 17.6 Å². The zero-order valence-corrected chi connectivity index (χ0v) is 17.0. The van der Waals surface area contributed by atoms with Gasteiger partial charge in [0.1, 0.15) is 5.82 Å². The predicted octanol–water partition coefficient (Wildman–Crippen LogP) is 2.32. The maximum atomic E-state index is 12.6. The Bertz CT molecular complexity index is 834. The van der Waals surface area contributed by atoms with Gasteiger partial charge in [-0.1, -0.05) is 39.0 Å². The van der Waals surface area contributed by atoms with Gasteiger partial charge in [-0.3, -0.25) is 14.5 Å². The number of nitrogens with zero attached hydrogens (tertiary/aromatic N) is 3. The van der Waals surface area contributed by atoms with E-state index in [-0.39, 0.29) is 30.3 Å². The monoisotopic (exact) mass is 383 g/mol. The third kappa shape index (κ3) is 5.42. The second kappa shape index (κ2) is 8.14. The highest BCUT2D eigenvalue weighted by Gasteiger charge is 2.24. The molecule has 1 aliphatic rings. The lowest BCUT2D eigenvalue weighted by molar-refractivity contribution is -0.123. The number of likely N-dealkylation sites (N-methyl/N-ethyl adjacent to an activating group) is 1. The van der Waals surface area contributed by atoms with Gasteiger partial charge in [0.05, 0.1) is 24.5 Å². The Hall–Kier alpha value is -2.67. The van der Waals surface area contributed by atoms with Crippen molar-refractivity contribution in [3.8, 4) is 5.69 Å². The van der Waals surface area contributed by atoms with Crippen LogP contribution in [0.25, 0.3) is 5.69 Å². The molecule has 150 valence electrons. The molecule has 1 aromatic carbocycles. The highest BCUT2D eigenvalue weighted by molar-refractivity contribution is 5.92. The zero-order chi connectivity index (χ0) is 20.3. The number of para-hydroxylation sites is 1. The second-order valence-electron chi connectivity index (χ2n) is 8.47. The SMILES string of the molecule is CN(CC(=O)Nc1cc(C(C)(C)C)nn1-c1ccccc1)CC(=O)NC1CC1. The molecular formula is C21H29N5O2. The number of anilines is 1. The van der Waals surface area contributed by atoms with Crippen molar-refractivity contribution in [2.75, 3.05) is 25.5 Å².